The number of nitrogens with zero attached hydrogens (tertiary/aromatic N) is 1. The Labute approximate surface area is 113 Å². The number of nitrogens with one attached hydrogen (secondary N) is 2. The predicted molar refractivity (Wildman–Crippen MR) is 70.8 cm³/mol. The third-order valence-corrected chi connectivity index (χ3v) is 3.75. The van der Waals surface area contributed by atoms with Gasteiger partial charge in [0.15, 0.2) is 0 Å². The van der Waals surface area contributed by atoms with E-state index in [-0.39, 0.29) is 11.9 Å². The number of carbonyl (C=O) groups is 2. The van der Waals surface area contributed by atoms with E-state index in [1.54, 1.807) is 0 Å². The summed E-state index contributed by atoms with van der Waals surface area (Å²) in [5.41, 5.74) is -0.688. The molecule has 2 rings (SSSR count). The summed E-state index contributed by atoms with van der Waals surface area (Å²) in [6.45, 7) is 5.49. The summed E-state index contributed by atoms with van der Waals surface area (Å²) in [5, 5.41) is 6.13. The molecule has 2 fully saturated rings. The van der Waals surface area contributed by atoms with Crippen LogP contribution in [0.4, 0.5) is 4.79 Å². The minimum Gasteiger partial charge on any atom is -0.381 e. The fourth-order valence-corrected chi connectivity index (χ4v) is 2.60. The van der Waals surface area contributed by atoms with Crippen molar-refractivity contribution in [2.45, 2.75) is 38.1 Å². The van der Waals surface area contributed by atoms with Crippen LogP contribution in [0.25, 0.3) is 0 Å². The van der Waals surface area contributed by atoms with Gasteiger partial charge in [0.2, 0.25) is 0 Å². The number of hydrogen-bond donors (Lipinski definition) is 2. The molecule has 6 heteroatoms. The Morgan fingerprint density at radius 2 is 2.05 bits per heavy atom. The fraction of sp³-hybridized carbons (Fsp3) is 0.846. The van der Waals surface area contributed by atoms with Gasteiger partial charge < -0.3 is 15.4 Å². The van der Waals surface area contributed by atoms with Crippen LogP contribution in [-0.2, 0) is 9.53 Å². The van der Waals surface area contributed by atoms with Crippen molar-refractivity contribution in [2.75, 3.05) is 32.8 Å². The van der Waals surface area contributed by atoms with Gasteiger partial charge in [-0.3, -0.25) is 9.69 Å². The molecule has 0 aromatic heterocycles. The third-order valence-electron chi connectivity index (χ3n) is 3.75. The van der Waals surface area contributed by atoms with Gasteiger partial charge in [0.05, 0.1) is 0 Å². The Hall–Kier alpha value is -1.14. The molecule has 2 aliphatic heterocycles. The maximum Gasteiger partial charge on any atom is 0.325 e. The van der Waals surface area contributed by atoms with Gasteiger partial charge in [0.25, 0.3) is 5.91 Å². The monoisotopic (exact) mass is 269 g/mol. The number of hydrogen-bond acceptors (Lipinski definition) is 4. The highest BCUT2D eigenvalue weighted by Crippen LogP contribution is 2.28. The van der Waals surface area contributed by atoms with Crippen molar-refractivity contribution in [3.8, 4) is 0 Å². The molecule has 0 aliphatic carbocycles. The first-order valence-corrected chi connectivity index (χ1v) is 7.12. The largest absolute Gasteiger partial charge is 0.381 e. The molecule has 1 spiro atoms. The van der Waals surface area contributed by atoms with E-state index in [0.717, 1.165) is 25.9 Å². The molecule has 0 saturated carbocycles. The van der Waals surface area contributed by atoms with Gasteiger partial charge in [-0.1, -0.05) is 6.92 Å². The Morgan fingerprint density at radius 1 is 1.32 bits per heavy atom. The smallest absolute Gasteiger partial charge is 0.325 e. The maximum absolute atomic E-state index is 12.4. The molecular formula is C13H23N3O3. The van der Waals surface area contributed by atoms with Crippen LogP contribution in [0.15, 0.2) is 0 Å². The average Bonchev–Trinajstić information content (AvgIpc) is 2.63. The lowest BCUT2D eigenvalue weighted by Gasteiger charge is -2.30. The van der Waals surface area contributed by atoms with Crippen molar-refractivity contribution in [2.24, 2.45) is 0 Å². The minimum absolute atomic E-state index is 0.0729. The number of rotatable bonds is 6. The van der Waals surface area contributed by atoms with E-state index in [1.165, 1.54) is 4.90 Å². The summed E-state index contributed by atoms with van der Waals surface area (Å²) >= 11 is 0. The van der Waals surface area contributed by atoms with Crippen molar-refractivity contribution >= 4 is 11.9 Å². The van der Waals surface area contributed by atoms with Crippen LogP contribution in [-0.4, -0.2) is 55.2 Å². The highest BCUT2D eigenvalue weighted by molar-refractivity contribution is 6.07. The second-order valence-corrected chi connectivity index (χ2v) is 5.18. The molecule has 0 aromatic rings. The molecule has 2 aliphatic rings. The van der Waals surface area contributed by atoms with Crippen molar-refractivity contribution in [3.05, 3.63) is 0 Å². The molecule has 0 aromatic carbocycles. The van der Waals surface area contributed by atoms with E-state index >= 15 is 0 Å². The fourth-order valence-electron chi connectivity index (χ4n) is 2.60. The van der Waals surface area contributed by atoms with Crippen LogP contribution in [0.2, 0.25) is 0 Å². The summed E-state index contributed by atoms with van der Waals surface area (Å²) in [6.07, 6.45) is 3.06. The van der Waals surface area contributed by atoms with Crippen LogP contribution in [0, 0.1) is 0 Å². The number of urea groups is 1. The summed E-state index contributed by atoms with van der Waals surface area (Å²) < 4.78 is 5.27. The molecule has 2 N–H and O–H groups in total. The topological polar surface area (TPSA) is 70.7 Å². The number of ether oxygens (including phenoxy) is 1. The van der Waals surface area contributed by atoms with Gasteiger partial charge in [-0.05, 0) is 25.9 Å². The second-order valence-electron chi connectivity index (χ2n) is 5.18. The van der Waals surface area contributed by atoms with Crippen LogP contribution in [0.1, 0.15) is 32.6 Å². The highest BCUT2D eigenvalue weighted by atomic mass is 16.5. The van der Waals surface area contributed by atoms with Gasteiger partial charge in [-0.25, -0.2) is 4.79 Å². The number of amides is 3. The Kier molecular flexibility index (Phi) is 4.76. The molecule has 3 amide bonds. The SMILES string of the molecule is CCCNCCCN1C(=O)NC2(CCOCC2)C1=O. The van der Waals surface area contributed by atoms with Gasteiger partial charge in [-0.2, -0.15) is 0 Å². The summed E-state index contributed by atoms with van der Waals surface area (Å²) in [5.74, 6) is -0.0729. The zero-order valence-corrected chi connectivity index (χ0v) is 11.5. The maximum atomic E-state index is 12.4. The van der Waals surface area contributed by atoms with E-state index in [9.17, 15) is 9.59 Å². The van der Waals surface area contributed by atoms with Crippen molar-refractivity contribution in [1.29, 1.82) is 0 Å². The molecule has 0 bridgehead atoms. The first-order chi connectivity index (χ1) is 9.19. The average molecular weight is 269 g/mol. The van der Waals surface area contributed by atoms with Gasteiger partial charge >= 0.3 is 6.03 Å². The third kappa shape index (κ3) is 3.06. The van der Waals surface area contributed by atoms with Crippen molar-refractivity contribution in [1.82, 2.24) is 15.5 Å². The van der Waals surface area contributed by atoms with Crippen molar-refractivity contribution in [3.63, 3.8) is 0 Å². The number of imide groups is 1. The first-order valence-electron chi connectivity index (χ1n) is 7.12. The summed E-state index contributed by atoms with van der Waals surface area (Å²) in [7, 11) is 0. The first kappa shape index (κ1) is 14.3. The summed E-state index contributed by atoms with van der Waals surface area (Å²) in [6, 6.07) is -0.248. The van der Waals surface area contributed by atoms with E-state index in [0.29, 0.717) is 32.6 Å². The molecule has 19 heavy (non-hydrogen) atoms. The van der Waals surface area contributed by atoms with E-state index in [4.69, 9.17) is 4.74 Å². The second kappa shape index (κ2) is 6.34. The molecular weight excluding hydrogens is 246 g/mol. The summed E-state index contributed by atoms with van der Waals surface area (Å²) in [4.78, 5) is 25.7. The van der Waals surface area contributed by atoms with Gasteiger partial charge in [0.1, 0.15) is 5.54 Å². The molecule has 108 valence electrons. The number of carbonyl (C=O) groups excluding carboxylic acids is 2. The Bertz CT molecular complexity index is 340. The Morgan fingerprint density at radius 3 is 2.74 bits per heavy atom. The van der Waals surface area contributed by atoms with E-state index in [1.807, 2.05) is 0 Å². The van der Waals surface area contributed by atoms with Crippen LogP contribution in [0.5, 0.6) is 0 Å². The molecule has 0 radical (unpaired) electrons. The van der Waals surface area contributed by atoms with Crippen molar-refractivity contribution < 1.29 is 14.3 Å². The molecule has 2 heterocycles. The standard InChI is InChI=1S/C13H23N3O3/c1-2-6-14-7-3-8-16-11(17)13(15-12(16)18)4-9-19-10-5-13/h14H,2-10H2,1H3,(H,15,18). The highest BCUT2D eigenvalue weighted by Gasteiger charge is 2.51. The van der Waals surface area contributed by atoms with E-state index < -0.39 is 5.54 Å². The molecule has 2 saturated heterocycles. The van der Waals surface area contributed by atoms with Gasteiger partial charge in [-0.15, -0.1) is 0 Å². The minimum atomic E-state index is -0.688. The lowest BCUT2D eigenvalue weighted by molar-refractivity contribution is -0.134. The predicted octanol–water partition coefficient (Wildman–Crippen LogP) is 0.477. The quantitative estimate of drug-likeness (QED) is 0.543. The van der Waals surface area contributed by atoms with Crippen LogP contribution >= 0.6 is 0 Å². The lowest BCUT2D eigenvalue weighted by Crippen LogP contribution is -2.51. The van der Waals surface area contributed by atoms with E-state index in [2.05, 4.69) is 17.6 Å². The Balaban J connectivity index is 1.84. The van der Waals surface area contributed by atoms with Gasteiger partial charge in [0, 0.05) is 32.6 Å². The lowest BCUT2D eigenvalue weighted by atomic mass is 9.90. The van der Waals surface area contributed by atoms with Crippen LogP contribution < -0.4 is 10.6 Å². The normalized spacial score (nSPS) is 22.1. The zero-order chi connectivity index (χ0) is 13.7. The molecule has 6 nitrogen and oxygen atoms in total. The molecule has 0 unspecified atom stereocenters. The molecule has 0 atom stereocenters. The zero-order valence-electron chi connectivity index (χ0n) is 11.5. The van der Waals surface area contributed by atoms with Crippen LogP contribution in [0.3, 0.4) is 0 Å².